The summed E-state index contributed by atoms with van der Waals surface area (Å²) in [5.74, 6) is -0.194. The van der Waals surface area contributed by atoms with Crippen LogP contribution in [0.5, 0.6) is 0 Å². The van der Waals surface area contributed by atoms with Crippen LogP contribution in [0.25, 0.3) is 0 Å². The molecule has 0 aliphatic carbocycles. The Balaban J connectivity index is 2.30. The van der Waals surface area contributed by atoms with Gasteiger partial charge >= 0.3 is 0 Å². The second-order valence-electron chi connectivity index (χ2n) is 4.59. The summed E-state index contributed by atoms with van der Waals surface area (Å²) in [6, 6.07) is 12.9. The van der Waals surface area contributed by atoms with Crippen LogP contribution in [-0.4, -0.2) is 17.9 Å². The second-order valence-corrected chi connectivity index (χ2v) is 5.43. The summed E-state index contributed by atoms with van der Waals surface area (Å²) in [5, 5.41) is 6.22. The fourth-order valence-electron chi connectivity index (χ4n) is 1.85. The van der Waals surface area contributed by atoms with E-state index in [1.807, 2.05) is 31.2 Å². The van der Waals surface area contributed by atoms with Crippen LogP contribution in [0, 0.1) is 6.92 Å². The molecule has 0 spiro atoms. The van der Waals surface area contributed by atoms with E-state index < -0.39 is 0 Å². The van der Waals surface area contributed by atoms with E-state index in [4.69, 9.17) is 23.8 Å². The van der Waals surface area contributed by atoms with Crippen LogP contribution >= 0.6 is 23.8 Å². The van der Waals surface area contributed by atoms with Crippen molar-refractivity contribution in [3.05, 3.63) is 64.2 Å². The highest BCUT2D eigenvalue weighted by molar-refractivity contribution is 7.81. The van der Waals surface area contributed by atoms with Crippen molar-refractivity contribution in [2.75, 3.05) is 12.4 Å². The standard InChI is InChI=1S/C16H15ClN2OS/c1-10-3-5-11(6-4-10)16(21)19-14-9-12(17)7-8-13(14)15(20)18-2/h3-9H,1-2H3,(H,18,20)(H,19,21). The van der Waals surface area contributed by atoms with Gasteiger partial charge in [0.25, 0.3) is 5.91 Å². The SMILES string of the molecule is CNC(=O)c1ccc(Cl)cc1NC(=S)c1ccc(C)cc1. The lowest BCUT2D eigenvalue weighted by molar-refractivity contribution is 0.0964. The topological polar surface area (TPSA) is 41.1 Å². The minimum absolute atomic E-state index is 0.194. The normalized spacial score (nSPS) is 10.0. The number of aryl methyl sites for hydroxylation is 1. The Kier molecular flexibility index (Phi) is 4.94. The molecule has 1 amide bonds. The van der Waals surface area contributed by atoms with Gasteiger partial charge < -0.3 is 10.6 Å². The minimum atomic E-state index is -0.194. The van der Waals surface area contributed by atoms with Gasteiger partial charge in [0.1, 0.15) is 4.99 Å². The van der Waals surface area contributed by atoms with Gasteiger partial charge in [0.2, 0.25) is 0 Å². The van der Waals surface area contributed by atoms with Gasteiger partial charge in [-0.25, -0.2) is 0 Å². The molecule has 0 heterocycles. The Morgan fingerprint density at radius 3 is 2.43 bits per heavy atom. The lowest BCUT2D eigenvalue weighted by atomic mass is 10.1. The van der Waals surface area contributed by atoms with Crippen LogP contribution in [0.2, 0.25) is 5.02 Å². The molecule has 0 radical (unpaired) electrons. The maximum atomic E-state index is 11.9. The molecule has 0 aromatic heterocycles. The highest BCUT2D eigenvalue weighted by atomic mass is 35.5. The van der Waals surface area contributed by atoms with E-state index in [2.05, 4.69) is 10.6 Å². The fourth-order valence-corrected chi connectivity index (χ4v) is 2.27. The molecule has 5 heteroatoms. The van der Waals surface area contributed by atoms with Gasteiger partial charge in [0, 0.05) is 17.6 Å². The average Bonchev–Trinajstić information content (AvgIpc) is 2.47. The van der Waals surface area contributed by atoms with Crippen molar-refractivity contribution >= 4 is 40.4 Å². The summed E-state index contributed by atoms with van der Waals surface area (Å²) in [6.07, 6.45) is 0. The van der Waals surface area contributed by atoms with Gasteiger partial charge in [0.05, 0.1) is 11.3 Å². The number of halogens is 1. The molecule has 0 bridgehead atoms. The lowest BCUT2D eigenvalue weighted by Crippen LogP contribution is -2.21. The molecule has 2 aromatic rings. The number of anilines is 1. The van der Waals surface area contributed by atoms with E-state index in [9.17, 15) is 4.79 Å². The van der Waals surface area contributed by atoms with Gasteiger partial charge in [0.15, 0.2) is 0 Å². The first-order chi connectivity index (χ1) is 10.0. The molecular formula is C16H15ClN2OS. The smallest absolute Gasteiger partial charge is 0.253 e. The second kappa shape index (κ2) is 6.70. The molecule has 2 N–H and O–H groups in total. The van der Waals surface area contributed by atoms with E-state index in [0.29, 0.717) is 21.3 Å². The van der Waals surface area contributed by atoms with Crippen LogP contribution in [0.3, 0.4) is 0 Å². The Hall–Kier alpha value is -1.91. The molecule has 2 rings (SSSR count). The van der Waals surface area contributed by atoms with Crippen LogP contribution in [-0.2, 0) is 0 Å². The lowest BCUT2D eigenvalue weighted by Gasteiger charge is -2.13. The van der Waals surface area contributed by atoms with Crippen molar-refractivity contribution in [1.29, 1.82) is 0 Å². The van der Waals surface area contributed by atoms with Crippen LogP contribution in [0.15, 0.2) is 42.5 Å². The van der Waals surface area contributed by atoms with Crippen molar-refractivity contribution in [1.82, 2.24) is 5.32 Å². The molecular weight excluding hydrogens is 304 g/mol. The Morgan fingerprint density at radius 2 is 1.81 bits per heavy atom. The summed E-state index contributed by atoms with van der Waals surface area (Å²) < 4.78 is 0. The molecule has 0 atom stereocenters. The third-order valence-electron chi connectivity index (χ3n) is 3.02. The van der Waals surface area contributed by atoms with Crippen molar-refractivity contribution in [2.45, 2.75) is 6.92 Å². The largest absolute Gasteiger partial charge is 0.355 e. The highest BCUT2D eigenvalue weighted by Gasteiger charge is 2.12. The summed E-state index contributed by atoms with van der Waals surface area (Å²) in [4.78, 5) is 12.4. The summed E-state index contributed by atoms with van der Waals surface area (Å²) >= 11 is 11.4. The first-order valence-corrected chi connectivity index (χ1v) is 7.19. The third kappa shape index (κ3) is 3.80. The van der Waals surface area contributed by atoms with Crippen molar-refractivity contribution in [3.8, 4) is 0 Å². The monoisotopic (exact) mass is 318 g/mol. The zero-order valence-corrected chi connectivity index (χ0v) is 13.3. The van der Waals surface area contributed by atoms with Crippen molar-refractivity contribution in [3.63, 3.8) is 0 Å². The quantitative estimate of drug-likeness (QED) is 0.846. The molecule has 0 saturated heterocycles. The van der Waals surface area contributed by atoms with Crippen molar-refractivity contribution in [2.24, 2.45) is 0 Å². The molecule has 0 fully saturated rings. The van der Waals surface area contributed by atoms with E-state index in [0.717, 1.165) is 11.1 Å². The van der Waals surface area contributed by atoms with E-state index >= 15 is 0 Å². The highest BCUT2D eigenvalue weighted by Crippen LogP contribution is 2.22. The average molecular weight is 319 g/mol. The number of hydrogen-bond acceptors (Lipinski definition) is 2. The number of benzene rings is 2. The Labute approximate surface area is 134 Å². The number of rotatable bonds is 3. The molecule has 0 aliphatic rings. The maximum absolute atomic E-state index is 11.9. The number of nitrogens with one attached hydrogen (secondary N) is 2. The Bertz CT molecular complexity index is 683. The maximum Gasteiger partial charge on any atom is 0.253 e. The zero-order valence-electron chi connectivity index (χ0n) is 11.7. The number of carbonyl (C=O) groups is 1. The van der Waals surface area contributed by atoms with Gasteiger partial charge in [-0.3, -0.25) is 4.79 Å². The van der Waals surface area contributed by atoms with E-state index in [1.165, 1.54) is 0 Å². The van der Waals surface area contributed by atoms with E-state index in [1.54, 1.807) is 25.2 Å². The summed E-state index contributed by atoms with van der Waals surface area (Å²) in [5.41, 5.74) is 3.14. The van der Waals surface area contributed by atoms with E-state index in [-0.39, 0.29) is 5.91 Å². The molecule has 21 heavy (non-hydrogen) atoms. The first kappa shape index (κ1) is 15.5. The molecule has 0 unspecified atom stereocenters. The Morgan fingerprint density at radius 1 is 1.14 bits per heavy atom. The first-order valence-electron chi connectivity index (χ1n) is 6.41. The number of carbonyl (C=O) groups excluding carboxylic acids is 1. The molecule has 3 nitrogen and oxygen atoms in total. The molecule has 0 aliphatic heterocycles. The van der Waals surface area contributed by atoms with Crippen LogP contribution < -0.4 is 10.6 Å². The predicted molar refractivity (Wildman–Crippen MR) is 91.3 cm³/mol. The summed E-state index contributed by atoms with van der Waals surface area (Å²) in [6.45, 7) is 2.01. The minimum Gasteiger partial charge on any atom is -0.355 e. The molecule has 0 saturated carbocycles. The van der Waals surface area contributed by atoms with Gasteiger partial charge in [-0.1, -0.05) is 53.6 Å². The number of thiocarbonyl (C=S) groups is 1. The van der Waals surface area contributed by atoms with Gasteiger partial charge in [-0.05, 0) is 25.1 Å². The predicted octanol–water partition coefficient (Wildman–Crippen LogP) is 3.80. The summed E-state index contributed by atoms with van der Waals surface area (Å²) in [7, 11) is 1.58. The number of hydrogen-bond donors (Lipinski definition) is 2. The van der Waals surface area contributed by atoms with Gasteiger partial charge in [-0.15, -0.1) is 0 Å². The number of amides is 1. The van der Waals surface area contributed by atoms with Crippen LogP contribution in [0.1, 0.15) is 21.5 Å². The fraction of sp³-hybridized carbons (Fsp3) is 0.125. The molecule has 2 aromatic carbocycles. The van der Waals surface area contributed by atoms with Crippen LogP contribution in [0.4, 0.5) is 5.69 Å². The molecule has 108 valence electrons. The van der Waals surface area contributed by atoms with Gasteiger partial charge in [-0.2, -0.15) is 0 Å². The third-order valence-corrected chi connectivity index (χ3v) is 3.59. The van der Waals surface area contributed by atoms with Crippen molar-refractivity contribution < 1.29 is 4.79 Å². The zero-order chi connectivity index (χ0) is 15.4.